The molecule has 0 radical (unpaired) electrons. The summed E-state index contributed by atoms with van der Waals surface area (Å²) in [6, 6.07) is 0. The molecule has 1 aliphatic rings. The molecular formula is C12H12Cl2N2O. The fraction of sp³-hybridized carbons (Fsp3) is 0.333. The van der Waals surface area contributed by atoms with Gasteiger partial charge in [-0.1, -0.05) is 35.4 Å². The molecule has 5 heteroatoms. The Morgan fingerprint density at radius 1 is 1.47 bits per heavy atom. The van der Waals surface area contributed by atoms with E-state index in [9.17, 15) is 4.79 Å². The maximum atomic E-state index is 11.8. The summed E-state index contributed by atoms with van der Waals surface area (Å²) in [7, 11) is 0. The number of anilines is 1. The Kier molecular flexibility index (Phi) is 4.02. The van der Waals surface area contributed by atoms with Gasteiger partial charge in [-0.05, 0) is 18.8 Å². The molecule has 0 saturated heterocycles. The molecule has 0 aromatic carbocycles. The van der Waals surface area contributed by atoms with Crippen LogP contribution in [0.5, 0.6) is 0 Å². The highest BCUT2D eigenvalue weighted by atomic mass is 35.5. The van der Waals surface area contributed by atoms with Crippen molar-refractivity contribution in [2.75, 3.05) is 5.32 Å². The lowest BCUT2D eigenvalue weighted by Gasteiger charge is -2.10. The Hall–Kier alpha value is -1.06. The molecule has 2 rings (SSSR count). The number of carbonyl (C=O) groups excluding carboxylic acids is 1. The monoisotopic (exact) mass is 270 g/mol. The first kappa shape index (κ1) is 12.4. The van der Waals surface area contributed by atoms with Crippen LogP contribution >= 0.6 is 23.2 Å². The molecule has 1 aromatic rings. The van der Waals surface area contributed by atoms with E-state index >= 15 is 0 Å². The summed E-state index contributed by atoms with van der Waals surface area (Å²) in [5.74, 6) is 0.272. The van der Waals surface area contributed by atoms with Crippen molar-refractivity contribution < 1.29 is 4.79 Å². The van der Waals surface area contributed by atoms with Gasteiger partial charge in [-0.15, -0.1) is 0 Å². The smallest absolute Gasteiger partial charge is 0.225 e. The van der Waals surface area contributed by atoms with Gasteiger partial charge in [0.05, 0.1) is 21.9 Å². The zero-order chi connectivity index (χ0) is 12.3. The van der Waals surface area contributed by atoms with Gasteiger partial charge in [0.2, 0.25) is 5.91 Å². The summed E-state index contributed by atoms with van der Waals surface area (Å²) in [6.45, 7) is 0. The third-order valence-corrected chi connectivity index (χ3v) is 3.46. The van der Waals surface area contributed by atoms with E-state index in [1.807, 2.05) is 0 Å². The molecule has 3 nitrogen and oxygen atoms in total. The summed E-state index contributed by atoms with van der Waals surface area (Å²) in [5.41, 5.74) is 0.464. The molecule has 1 heterocycles. The molecule has 0 saturated carbocycles. The third-order valence-electron chi connectivity index (χ3n) is 2.67. The first-order valence-electron chi connectivity index (χ1n) is 5.42. The summed E-state index contributed by atoms with van der Waals surface area (Å²) in [5, 5.41) is 3.39. The summed E-state index contributed by atoms with van der Waals surface area (Å²) < 4.78 is 0. The predicted molar refractivity (Wildman–Crippen MR) is 69.4 cm³/mol. The first-order valence-corrected chi connectivity index (χ1v) is 6.18. The number of allylic oxidation sites excluding steroid dienone is 2. The summed E-state index contributed by atoms with van der Waals surface area (Å²) in [6.07, 6.45) is 9.69. The molecular weight excluding hydrogens is 259 g/mol. The van der Waals surface area contributed by atoms with Crippen LogP contribution in [-0.2, 0) is 4.79 Å². The van der Waals surface area contributed by atoms with Gasteiger partial charge in [-0.2, -0.15) is 0 Å². The minimum absolute atomic E-state index is 0.0625. The standard InChI is InChI=1S/C12H12Cl2N2O/c13-9-6-15-7-10(12(9)14)16-11(17)5-8-3-1-2-4-8/h1,3,6-8H,2,4-5H2,(H,16,17)/t8-/m1/s1. The van der Waals surface area contributed by atoms with Crippen LogP contribution < -0.4 is 5.32 Å². The van der Waals surface area contributed by atoms with E-state index in [2.05, 4.69) is 22.5 Å². The van der Waals surface area contributed by atoms with Crippen molar-refractivity contribution in [1.82, 2.24) is 4.98 Å². The average Bonchev–Trinajstić information content (AvgIpc) is 2.77. The first-order chi connectivity index (χ1) is 8.16. The Morgan fingerprint density at radius 3 is 3.00 bits per heavy atom. The summed E-state index contributed by atoms with van der Waals surface area (Å²) >= 11 is 11.8. The number of pyridine rings is 1. The lowest BCUT2D eigenvalue weighted by atomic mass is 10.1. The fourth-order valence-corrected chi connectivity index (χ4v) is 2.11. The highest BCUT2D eigenvalue weighted by Gasteiger charge is 2.15. The topological polar surface area (TPSA) is 42.0 Å². The Bertz CT molecular complexity index is 460. The number of aromatic nitrogens is 1. The largest absolute Gasteiger partial charge is 0.323 e. The molecule has 0 fully saturated rings. The predicted octanol–water partition coefficient (Wildman–Crippen LogP) is 3.68. The lowest BCUT2D eigenvalue weighted by molar-refractivity contribution is -0.116. The van der Waals surface area contributed by atoms with Crippen LogP contribution in [0.1, 0.15) is 19.3 Å². The zero-order valence-electron chi connectivity index (χ0n) is 9.12. The quantitative estimate of drug-likeness (QED) is 0.852. The average molecular weight is 271 g/mol. The molecule has 0 aliphatic heterocycles. The fourth-order valence-electron chi connectivity index (χ4n) is 1.81. The molecule has 0 unspecified atom stereocenters. The maximum absolute atomic E-state index is 11.8. The number of amides is 1. The van der Waals surface area contributed by atoms with Crippen LogP contribution in [0.15, 0.2) is 24.5 Å². The van der Waals surface area contributed by atoms with E-state index in [1.54, 1.807) is 0 Å². The van der Waals surface area contributed by atoms with E-state index in [1.165, 1.54) is 12.4 Å². The highest BCUT2D eigenvalue weighted by Crippen LogP contribution is 2.29. The van der Waals surface area contributed by atoms with E-state index in [-0.39, 0.29) is 5.91 Å². The molecule has 1 N–H and O–H groups in total. The van der Waals surface area contributed by atoms with Crippen molar-refractivity contribution >= 4 is 34.8 Å². The van der Waals surface area contributed by atoms with Crippen molar-refractivity contribution in [2.45, 2.75) is 19.3 Å². The molecule has 1 aromatic heterocycles. The van der Waals surface area contributed by atoms with Gasteiger partial charge in [0, 0.05) is 12.6 Å². The SMILES string of the molecule is O=C(C[C@@H]1C=CCC1)Nc1cncc(Cl)c1Cl. The normalized spacial score (nSPS) is 18.4. The van der Waals surface area contributed by atoms with E-state index < -0.39 is 0 Å². The van der Waals surface area contributed by atoms with Gasteiger partial charge in [-0.25, -0.2) is 0 Å². The van der Waals surface area contributed by atoms with Crippen molar-refractivity contribution in [3.8, 4) is 0 Å². The van der Waals surface area contributed by atoms with Crippen molar-refractivity contribution in [3.63, 3.8) is 0 Å². The number of nitrogens with one attached hydrogen (secondary N) is 1. The second-order valence-corrected chi connectivity index (χ2v) is 4.79. The Morgan fingerprint density at radius 2 is 2.29 bits per heavy atom. The van der Waals surface area contributed by atoms with Gasteiger partial charge in [0.25, 0.3) is 0 Å². The van der Waals surface area contributed by atoms with Gasteiger partial charge in [-0.3, -0.25) is 9.78 Å². The Balaban J connectivity index is 1.98. The van der Waals surface area contributed by atoms with Crippen molar-refractivity contribution in [2.24, 2.45) is 5.92 Å². The number of hydrogen-bond donors (Lipinski definition) is 1. The second kappa shape index (κ2) is 5.52. The maximum Gasteiger partial charge on any atom is 0.225 e. The van der Waals surface area contributed by atoms with Gasteiger partial charge in [0.1, 0.15) is 0 Å². The number of halogens is 2. The van der Waals surface area contributed by atoms with Gasteiger partial charge < -0.3 is 5.32 Å². The molecule has 0 spiro atoms. The van der Waals surface area contributed by atoms with Crippen LogP contribution in [0.2, 0.25) is 10.0 Å². The van der Waals surface area contributed by atoms with Crippen molar-refractivity contribution in [3.05, 3.63) is 34.6 Å². The number of carbonyl (C=O) groups is 1. The van der Waals surface area contributed by atoms with E-state index in [0.717, 1.165) is 12.8 Å². The van der Waals surface area contributed by atoms with Crippen LogP contribution in [0, 0.1) is 5.92 Å². The van der Waals surface area contributed by atoms with Gasteiger partial charge >= 0.3 is 0 Å². The molecule has 90 valence electrons. The number of rotatable bonds is 3. The van der Waals surface area contributed by atoms with Crippen molar-refractivity contribution in [1.29, 1.82) is 0 Å². The van der Waals surface area contributed by atoms with Crippen LogP contribution in [0.4, 0.5) is 5.69 Å². The molecule has 17 heavy (non-hydrogen) atoms. The summed E-state index contributed by atoms with van der Waals surface area (Å²) in [4.78, 5) is 15.6. The number of hydrogen-bond acceptors (Lipinski definition) is 2. The van der Waals surface area contributed by atoms with Crippen LogP contribution in [-0.4, -0.2) is 10.9 Å². The van der Waals surface area contributed by atoms with E-state index in [4.69, 9.17) is 23.2 Å². The zero-order valence-corrected chi connectivity index (χ0v) is 10.6. The molecule has 1 atom stereocenters. The third kappa shape index (κ3) is 3.20. The minimum atomic E-state index is -0.0625. The lowest BCUT2D eigenvalue weighted by Crippen LogP contribution is -2.15. The molecule has 1 aliphatic carbocycles. The highest BCUT2D eigenvalue weighted by molar-refractivity contribution is 6.43. The van der Waals surface area contributed by atoms with Gasteiger partial charge in [0.15, 0.2) is 0 Å². The molecule has 1 amide bonds. The van der Waals surface area contributed by atoms with Crippen LogP contribution in [0.3, 0.4) is 0 Å². The van der Waals surface area contributed by atoms with E-state index in [0.29, 0.717) is 28.1 Å². The Labute approximate surface area is 110 Å². The number of nitrogens with zero attached hydrogens (tertiary/aromatic N) is 1. The minimum Gasteiger partial charge on any atom is -0.323 e. The second-order valence-electron chi connectivity index (χ2n) is 4.00. The van der Waals surface area contributed by atoms with Crippen LogP contribution in [0.25, 0.3) is 0 Å². The molecule has 0 bridgehead atoms.